The highest BCUT2D eigenvalue weighted by molar-refractivity contribution is 6.32. The first-order chi connectivity index (χ1) is 9.72. The first kappa shape index (κ1) is 15.8. The zero-order valence-corrected chi connectivity index (χ0v) is 13.4. The van der Waals surface area contributed by atoms with Crippen LogP contribution in [-0.2, 0) is 4.74 Å². The highest BCUT2D eigenvalue weighted by Gasteiger charge is 2.20. The van der Waals surface area contributed by atoms with Crippen LogP contribution in [0.1, 0.15) is 56.2 Å². The molecule has 1 heterocycles. The monoisotopic (exact) mass is 295 g/mol. The van der Waals surface area contributed by atoms with Crippen molar-refractivity contribution in [3.8, 4) is 0 Å². The van der Waals surface area contributed by atoms with Gasteiger partial charge in [0.05, 0.1) is 6.10 Å². The highest BCUT2D eigenvalue weighted by Crippen LogP contribution is 2.30. The molecule has 1 aliphatic heterocycles. The van der Waals surface area contributed by atoms with Gasteiger partial charge in [-0.15, -0.1) is 0 Å². The molecule has 0 radical (unpaired) electrons. The van der Waals surface area contributed by atoms with Gasteiger partial charge in [0.1, 0.15) is 0 Å². The van der Waals surface area contributed by atoms with Crippen LogP contribution < -0.4 is 5.32 Å². The summed E-state index contributed by atoms with van der Waals surface area (Å²) in [5, 5.41) is 4.55. The second kappa shape index (κ2) is 8.02. The topological polar surface area (TPSA) is 21.3 Å². The van der Waals surface area contributed by atoms with Crippen molar-refractivity contribution in [3.05, 3.63) is 34.3 Å². The molecule has 0 aliphatic carbocycles. The number of benzene rings is 1. The van der Waals surface area contributed by atoms with Gasteiger partial charge >= 0.3 is 0 Å². The minimum Gasteiger partial charge on any atom is -0.378 e. The highest BCUT2D eigenvalue weighted by atomic mass is 35.5. The van der Waals surface area contributed by atoms with Crippen molar-refractivity contribution in [2.75, 3.05) is 13.2 Å². The fourth-order valence-electron chi connectivity index (χ4n) is 2.85. The molecule has 112 valence electrons. The maximum Gasteiger partial charge on any atom is 0.0576 e. The van der Waals surface area contributed by atoms with Crippen LogP contribution in [0, 0.1) is 6.92 Å². The van der Waals surface area contributed by atoms with Crippen molar-refractivity contribution in [3.63, 3.8) is 0 Å². The van der Waals surface area contributed by atoms with Crippen molar-refractivity contribution < 1.29 is 4.74 Å². The molecule has 1 aromatic carbocycles. The average Bonchev–Trinajstić information content (AvgIpc) is 2.96. The van der Waals surface area contributed by atoms with Crippen molar-refractivity contribution >= 4 is 11.6 Å². The smallest absolute Gasteiger partial charge is 0.0576 e. The Bertz CT molecular complexity index is 415. The molecule has 1 saturated heterocycles. The Hall–Kier alpha value is -0.570. The van der Waals surface area contributed by atoms with Gasteiger partial charge in [0.25, 0.3) is 0 Å². The number of hydrogen-bond donors (Lipinski definition) is 1. The Balaban J connectivity index is 2.03. The van der Waals surface area contributed by atoms with Crippen molar-refractivity contribution in [1.82, 2.24) is 5.32 Å². The van der Waals surface area contributed by atoms with E-state index in [2.05, 4.69) is 37.4 Å². The Morgan fingerprint density at radius 2 is 2.30 bits per heavy atom. The van der Waals surface area contributed by atoms with Crippen LogP contribution in [0.3, 0.4) is 0 Å². The lowest BCUT2D eigenvalue weighted by Crippen LogP contribution is -2.24. The molecule has 0 saturated carbocycles. The van der Waals surface area contributed by atoms with Gasteiger partial charge in [0.2, 0.25) is 0 Å². The second-order valence-corrected chi connectivity index (χ2v) is 6.08. The summed E-state index contributed by atoms with van der Waals surface area (Å²) in [5.74, 6) is 0. The summed E-state index contributed by atoms with van der Waals surface area (Å²) >= 11 is 6.49. The SMILES string of the molecule is CCCNC(CCC1CCCO1)c1cccc(C)c1Cl. The maximum atomic E-state index is 6.49. The summed E-state index contributed by atoms with van der Waals surface area (Å²) in [6, 6.07) is 6.66. The summed E-state index contributed by atoms with van der Waals surface area (Å²) in [5.41, 5.74) is 2.39. The van der Waals surface area contributed by atoms with Gasteiger partial charge in [0, 0.05) is 17.7 Å². The van der Waals surface area contributed by atoms with Gasteiger partial charge in [-0.25, -0.2) is 0 Å². The van der Waals surface area contributed by atoms with E-state index in [4.69, 9.17) is 16.3 Å². The van der Waals surface area contributed by atoms with E-state index in [0.29, 0.717) is 12.1 Å². The predicted molar refractivity (Wildman–Crippen MR) is 85.4 cm³/mol. The van der Waals surface area contributed by atoms with E-state index in [1.54, 1.807) is 0 Å². The quantitative estimate of drug-likeness (QED) is 0.790. The van der Waals surface area contributed by atoms with Gasteiger partial charge in [-0.3, -0.25) is 0 Å². The zero-order valence-electron chi connectivity index (χ0n) is 12.6. The van der Waals surface area contributed by atoms with Gasteiger partial charge < -0.3 is 10.1 Å². The molecule has 0 aromatic heterocycles. The maximum absolute atomic E-state index is 6.49. The van der Waals surface area contributed by atoms with E-state index < -0.39 is 0 Å². The number of nitrogens with one attached hydrogen (secondary N) is 1. The number of rotatable bonds is 7. The summed E-state index contributed by atoms with van der Waals surface area (Å²) in [7, 11) is 0. The molecule has 2 atom stereocenters. The lowest BCUT2D eigenvalue weighted by atomic mass is 9.97. The third-order valence-electron chi connectivity index (χ3n) is 4.04. The van der Waals surface area contributed by atoms with Crippen molar-refractivity contribution in [2.45, 2.75) is 58.1 Å². The van der Waals surface area contributed by atoms with Gasteiger partial charge in [0.15, 0.2) is 0 Å². The van der Waals surface area contributed by atoms with Crippen LogP contribution in [0.15, 0.2) is 18.2 Å². The molecule has 20 heavy (non-hydrogen) atoms. The van der Waals surface area contributed by atoms with Crippen molar-refractivity contribution in [1.29, 1.82) is 0 Å². The van der Waals surface area contributed by atoms with Crippen LogP contribution in [0.4, 0.5) is 0 Å². The van der Waals surface area contributed by atoms with Crippen LogP contribution >= 0.6 is 11.6 Å². The number of aryl methyl sites for hydroxylation is 1. The third-order valence-corrected chi connectivity index (χ3v) is 4.56. The van der Waals surface area contributed by atoms with Crippen LogP contribution in [-0.4, -0.2) is 19.3 Å². The summed E-state index contributed by atoms with van der Waals surface area (Å²) in [6.07, 6.45) is 6.22. The van der Waals surface area contributed by atoms with Gasteiger partial charge in [-0.1, -0.05) is 36.7 Å². The molecule has 0 amide bonds. The lowest BCUT2D eigenvalue weighted by Gasteiger charge is -2.22. The standard InChI is InChI=1S/C17H26ClNO/c1-3-11-19-16(10-9-14-7-5-12-20-14)15-8-4-6-13(2)17(15)18/h4,6,8,14,16,19H,3,5,7,9-12H2,1-2H3. The fraction of sp³-hybridized carbons (Fsp3) is 0.647. The number of hydrogen-bond acceptors (Lipinski definition) is 2. The Labute approximate surface area is 127 Å². The third kappa shape index (κ3) is 4.21. The van der Waals surface area contributed by atoms with E-state index in [9.17, 15) is 0 Å². The van der Waals surface area contributed by atoms with Gasteiger partial charge in [-0.2, -0.15) is 0 Å². The summed E-state index contributed by atoms with van der Waals surface area (Å²) < 4.78 is 5.74. The number of halogens is 1. The molecule has 0 bridgehead atoms. The van der Waals surface area contributed by atoms with Crippen LogP contribution in [0.2, 0.25) is 5.02 Å². The Morgan fingerprint density at radius 1 is 1.45 bits per heavy atom. The van der Waals surface area contributed by atoms with E-state index in [-0.39, 0.29) is 0 Å². The molecule has 1 aromatic rings. The molecule has 0 spiro atoms. The lowest BCUT2D eigenvalue weighted by molar-refractivity contribution is 0.0996. The van der Waals surface area contributed by atoms with E-state index in [1.165, 1.54) is 18.4 Å². The second-order valence-electron chi connectivity index (χ2n) is 5.70. The number of ether oxygens (including phenoxy) is 1. The minimum atomic E-state index is 0.339. The zero-order chi connectivity index (χ0) is 14.4. The van der Waals surface area contributed by atoms with E-state index in [0.717, 1.165) is 43.0 Å². The van der Waals surface area contributed by atoms with Crippen LogP contribution in [0.25, 0.3) is 0 Å². The molecule has 1 fully saturated rings. The molecular weight excluding hydrogens is 270 g/mol. The first-order valence-electron chi connectivity index (χ1n) is 7.82. The average molecular weight is 296 g/mol. The minimum absolute atomic E-state index is 0.339. The summed E-state index contributed by atoms with van der Waals surface area (Å²) in [4.78, 5) is 0. The Kier molecular flexibility index (Phi) is 6.34. The molecular formula is C17H26ClNO. The van der Waals surface area contributed by atoms with E-state index in [1.807, 2.05) is 0 Å². The fourth-order valence-corrected chi connectivity index (χ4v) is 3.11. The molecule has 2 nitrogen and oxygen atoms in total. The first-order valence-corrected chi connectivity index (χ1v) is 8.20. The normalized spacial score (nSPS) is 20.2. The molecule has 2 unspecified atom stereocenters. The molecule has 1 N–H and O–H groups in total. The Morgan fingerprint density at radius 3 is 3.00 bits per heavy atom. The molecule has 1 aliphatic rings. The largest absolute Gasteiger partial charge is 0.378 e. The van der Waals surface area contributed by atoms with E-state index >= 15 is 0 Å². The molecule has 2 rings (SSSR count). The van der Waals surface area contributed by atoms with Crippen LogP contribution in [0.5, 0.6) is 0 Å². The molecule has 3 heteroatoms. The summed E-state index contributed by atoms with van der Waals surface area (Å²) in [6.45, 7) is 6.23. The van der Waals surface area contributed by atoms with Crippen molar-refractivity contribution in [2.24, 2.45) is 0 Å². The van der Waals surface area contributed by atoms with Gasteiger partial charge in [-0.05, 0) is 56.7 Å². The predicted octanol–water partition coefficient (Wildman–Crippen LogP) is 4.65.